The van der Waals surface area contributed by atoms with Gasteiger partial charge in [0.25, 0.3) is 0 Å². The lowest BCUT2D eigenvalue weighted by molar-refractivity contribution is -0.138. The molecule has 2 aromatic rings. The maximum atomic E-state index is 13.6. The molecule has 1 aliphatic carbocycles. The monoisotopic (exact) mass is 417 g/mol. The lowest BCUT2D eigenvalue weighted by Crippen LogP contribution is -2.31. The second-order valence-corrected chi connectivity index (χ2v) is 7.75. The normalized spacial score (nSPS) is 24.2. The molecule has 0 fully saturated rings. The van der Waals surface area contributed by atoms with E-state index in [1.54, 1.807) is 12.1 Å². The zero-order chi connectivity index (χ0) is 18.6. The maximum absolute atomic E-state index is 13.6. The van der Waals surface area contributed by atoms with Crippen molar-refractivity contribution in [3.63, 3.8) is 0 Å². The Morgan fingerprint density at radius 2 is 1.69 bits per heavy atom. The van der Waals surface area contributed by atoms with Gasteiger partial charge in [-0.15, -0.1) is 0 Å². The van der Waals surface area contributed by atoms with Crippen molar-refractivity contribution in [2.24, 2.45) is 5.92 Å². The van der Waals surface area contributed by atoms with Crippen LogP contribution in [-0.4, -0.2) is 0 Å². The predicted molar refractivity (Wildman–Crippen MR) is 99.3 cm³/mol. The zero-order valence-corrected chi connectivity index (χ0v) is 15.5. The third kappa shape index (κ3) is 2.88. The van der Waals surface area contributed by atoms with Crippen molar-refractivity contribution in [2.45, 2.75) is 24.6 Å². The predicted octanol–water partition coefficient (Wildman–Crippen LogP) is 7.49. The molecule has 0 spiro atoms. The third-order valence-electron chi connectivity index (χ3n) is 5.08. The van der Waals surface area contributed by atoms with Gasteiger partial charge in [-0.2, -0.15) is 13.2 Å². The Balaban J connectivity index is 1.87. The van der Waals surface area contributed by atoms with Gasteiger partial charge in [0.05, 0.1) is 32.4 Å². The fraction of sp³-hybridized carbons (Fsp3) is 0.263. The summed E-state index contributed by atoms with van der Waals surface area (Å²) in [7, 11) is 0. The van der Waals surface area contributed by atoms with Gasteiger partial charge in [0.2, 0.25) is 0 Å². The van der Waals surface area contributed by atoms with E-state index in [2.05, 4.69) is 5.32 Å². The first-order chi connectivity index (χ1) is 12.3. The van der Waals surface area contributed by atoms with Gasteiger partial charge in [-0.3, -0.25) is 0 Å². The highest BCUT2D eigenvalue weighted by Gasteiger charge is 2.44. The van der Waals surface area contributed by atoms with E-state index in [1.807, 2.05) is 18.2 Å². The topological polar surface area (TPSA) is 12.0 Å². The van der Waals surface area contributed by atoms with Gasteiger partial charge < -0.3 is 5.32 Å². The lowest BCUT2D eigenvalue weighted by Gasteiger charge is -2.39. The molecule has 0 saturated heterocycles. The average Bonchev–Trinajstić information content (AvgIpc) is 3.06. The van der Waals surface area contributed by atoms with E-state index < -0.39 is 11.7 Å². The summed E-state index contributed by atoms with van der Waals surface area (Å²) in [5.74, 6) is -0.416. The number of rotatable bonds is 1. The van der Waals surface area contributed by atoms with Crippen LogP contribution < -0.4 is 5.32 Å². The van der Waals surface area contributed by atoms with Gasteiger partial charge >= 0.3 is 6.18 Å². The molecule has 7 heteroatoms. The van der Waals surface area contributed by atoms with Crippen molar-refractivity contribution in [3.8, 4) is 0 Å². The number of allylic oxidation sites excluding steroid dienone is 2. The van der Waals surface area contributed by atoms with Crippen molar-refractivity contribution in [3.05, 3.63) is 74.2 Å². The number of anilines is 1. The molecule has 1 aliphatic heterocycles. The van der Waals surface area contributed by atoms with Crippen LogP contribution in [0.4, 0.5) is 18.9 Å². The highest BCUT2D eigenvalue weighted by Crippen LogP contribution is 2.55. The summed E-state index contributed by atoms with van der Waals surface area (Å²) in [6.07, 6.45) is 0.0116. The minimum Gasteiger partial charge on any atom is -0.376 e. The van der Waals surface area contributed by atoms with Crippen LogP contribution in [0.1, 0.15) is 35.1 Å². The second kappa shape index (κ2) is 6.36. The van der Waals surface area contributed by atoms with Crippen molar-refractivity contribution in [2.75, 3.05) is 5.32 Å². The van der Waals surface area contributed by atoms with Crippen LogP contribution in [0.2, 0.25) is 15.1 Å². The molecule has 0 radical (unpaired) electrons. The van der Waals surface area contributed by atoms with Crippen molar-refractivity contribution < 1.29 is 13.2 Å². The van der Waals surface area contributed by atoms with Crippen LogP contribution in [0.5, 0.6) is 0 Å². The van der Waals surface area contributed by atoms with E-state index in [0.29, 0.717) is 22.2 Å². The summed E-state index contributed by atoms with van der Waals surface area (Å²) in [5, 5.41) is 4.36. The van der Waals surface area contributed by atoms with E-state index in [1.165, 1.54) is 6.07 Å². The first-order valence-electron chi connectivity index (χ1n) is 8.05. The number of fused-ring (bicyclic) bond motifs is 3. The van der Waals surface area contributed by atoms with E-state index in [-0.39, 0.29) is 28.5 Å². The van der Waals surface area contributed by atoms with Crippen molar-refractivity contribution in [1.82, 2.24) is 0 Å². The standard InChI is InChI=1S/C19H13Cl3F3N/c20-13-6-4-9(8-15(13)22)17-11-3-1-2-10(11)16-12(19(23,24)25)5-7-14(21)18(16)26-17/h1-2,4-8,10-11,17,26H,3H2/t10-,11+,17+/m1/s1. The summed E-state index contributed by atoms with van der Waals surface area (Å²) in [6.45, 7) is 0. The smallest absolute Gasteiger partial charge is 0.376 e. The Hall–Kier alpha value is -1.36. The summed E-state index contributed by atoms with van der Waals surface area (Å²) < 4.78 is 40.7. The van der Waals surface area contributed by atoms with E-state index in [0.717, 1.165) is 11.6 Å². The Kier molecular flexibility index (Phi) is 4.41. The van der Waals surface area contributed by atoms with Crippen LogP contribution in [0.25, 0.3) is 0 Å². The van der Waals surface area contributed by atoms with Crippen LogP contribution in [-0.2, 0) is 6.18 Å². The molecule has 0 saturated carbocycles. The molecule has 4 rings (SSSR count). The number of halogens is 6. The Morgan fingerprint density at radius 3 is 2.38 bits per heavy atom. The highest BCUT2D eigenvalue weighted by atomic mass is 35.5. The van der Waals surface area contributed by atoms with E-state index in [9.17, 15) is 13.2 Å². The molecule has 136 valence electrons. The number of benzene rings is 2. The van der Waals surface area contributed by atoms with Crippen LogP contribution in [0.15, 0.2) is 42.5 Å². The molecular weight excluding hydrogens is 406 g/mol. The molecule has 0 amide bonds. The SMILES string of the molecule is FC(F)(F)c1ccc(Cl)c2c1[C@@H]1C=CC[C@@H]1[C@H](c1ccc(Cl)c(Cl)c1)N2. The van der Waals surface area contributed by atoms with Crippen LogP contribution in [0.3, 0.4) is 0 Å². The fourth-order valence-corrected chi connectivity index (χ4v) is 4.48. The molecule has 1 heterocycles. The van der Waals surface area contributed by atoms with Crippen LogP contribution >= 0.6 is 34.8 Å². The minimum atomic E-state index is -4.44. The first-order valence-corrected chi connectivity index (χ1v) is 9.18. The van der Waals surface area contributed by atoms with Gasteiger partial charge in [0.1, 0.15) is 0 Å². The Bertz CT molecular complexity index is 908. The number of hydrogen-bond donors (Lipinski definition) is 1. The molecule has 3 atom stereocenters. The van der Waals surface area contributed by atoms with Gasteiger partial charge in [-0.05, 0) is 47.7 Å². The van der Waals surface area contributed by atoms with Gasteiger partial charge in [0, 0.05) is 5.92 Å². The molecule has 0 aromatic heterocycles. The third-order valence-corrected chi connectivity index (χ3v) is 6.13. The van der Waals surface area contributed by atoms with Crippen molar-refractivity contribution >= 4 is 40.5 Å². The largest absolute Gasteiger partial charge is 0.416 e. The molecule has 1 N–H and O–H groups in total. The molecule has 26 heavy (non-hydrogen) atoms. The highest BCUT2D eigenvalue weighted by molar-refractivity contribution is 6.42. The second-order valence-electron chi connectivity index (χ2n) is 6.53. The summed E-state index contributed by atoms with van der Waals surface area (Å²) in [6, 6.07) is 7.43. The summed E-state index contributed by atoms with van der Waals surface area (Å²) >= 11 is 18.4. The average molecular weight is 419 g/mol. The van der Waals surface area contributed by atoms with Crippen molar-refractivity contribution in [1.29, 1.82) is 0 Å². The maximum Gasteiger partial charge on any atom is 0.416 e. The molecule has 0 unspecified atom stereocenters. The number of hydrogen-bond acceptors (Lipinski definition) is 1. The van der Waals surface area contributed by atoms with Gasteiger partial charge in [-0.1, -0.05) is 53.0 Å². The fourth-order valence-electron chi connectivity index (χ4n) is 3.96. The number of nitrogens with one attached hydrogen (secondary N) is 1. The van der Waals surface area contributed by atoms with Gasteiger partial charge in [-0.25, -0.2) is 0 Å². The minimum absolute atomic E-state index is 0.0562. The Labute approximate surface area is 163 Å². The van der Waals surface area contributed by atoms with Crippen LogP contribution in [0, 0.1) is 5.92 Å². The lowest BCUT2D eigenvalue weighted by atomic mass is 9.75. The molecule has 2 aliphatic rings. The first kappa shape index (κ1) is 18.0. The quantitative estimate of drug-likeness (QED) is 0.473. The van der Waals surface area contributed by atoms with Gasteiger partial charge in [0.15, 0.2) is 0 Å². The summed E-state index contributed by atoms with van der Waals surface area (Å²) in [5.41, 5.74) is 0.793. The number of alkyl halides is 3. The van der Waals surface area contributed by atoms with E-state index >= 15 is 0 Å². The Morgan fingerprint density at radius 1 is 0.962 bits per heavy atom. The molecule has 0 bridgehead atoms. The molecule has 2 aromatic carbocycles. The molecular formula is C19H13Cl3F3N. The van der Waals surface area contributed by atoms with E-state index in [4.69, 9.17) is 34.8 Å². The zero-order valence-electron chi connectivity index (χ0n) is 13.2. The summed E-state index contributed by atoms with van der Waals surface area (Å²) in [4.78, 5) is 0. The molecule has 1 nitrogen and oxygen atoms in total.